The van der Waals surface area contributed by atoms with Crippen molar-refractivity contribution in [1.82, 2.24) is 0 Å². The van der Waals surface area contributed by atoms with Crippen molar-refractivity contribution in [2.75, 3.05) is 7.11 Å². The standard InChI is InChI=1S/C18H22O2/c1-5-16(14-6-8-15(20-4)9-7-14)18-13(3)10-12(2)11-17(18)19/h6-11,16,19H,5H2,1-4H3. The highest BCUT2D eigenvalue weighted by molar-refractivity contribution is 5.48. The van der Waals surface area contributed by atoms with Crippen LogP contribution < -0.4 is 4.74 Å². The van der Waals surface area contributed by atoms with E-state index >= 15 is 0 Å². The van der Waals surface area contributed by atoms with E-state index in [4.69, 9.17) is 4.74 Å². The fourth-order valence-corrected chi connectivity index (χ4v) is 2.85. The molecule has 0 fully saturated rings. The van der Waals surface area contributed by atoms with Gasteiger partial charge >= 0.3 is 0 Å². The highest BCUT2D eigenvalue weighted by Gasteiger charge is 2.18. The van der Waals surface area contributed by atoms with Crippen molar-refractivity contribution in [3.63, 3.8) is 0 Å². The summed E-state index contributed by atoms with van der Waals surface area (Å²) in [7, 11) is 1.67. The van der Waals surface area contributed by atoms with Crippen LogP contribution in [0, 0.1) is 13.8 Å². The van der Waals surface area contributed by atoms with Crippen LogP contribution in [0.4, 0.5) is 0 Å². The maximum absolute atomic E-state index is 10.3. The maximum atomic E-state index is 10.3. The van der Waals surface area contributed by atoms with Gasteiger partial charge in [-0.3, -0.25) is 0 Å². The Bertz CT molecular complexity index is 562. The zero-order valence-electron chi connectivity index (χ0n) is 12.6. The van der Waals surface area contributed by atoms with Crippen molar-refractivity contribution in [2.24, 2.45) is 0 Å². The molecule has 1 unspecified atom stereocenters. The molecule has 0 spiro atoms. The van der Waals surface area contributed by atoms with E-state index in [1.807, 2.05) is 25.1 Å². The summed E-state index contributed by atoms with van der Waals surface area (Å²) in [5.74, 6) is 1.46. The molecular formula is C18H22O2. The second-order valence-corrected chi connectivity index (χ2v) is 5.25. The summed E-state index contributed by atoms with van der Waals surface area (Å²) in [6.45, 7) is 6.21. The van der Waals surface area contributed by atoms with E-state index in [2.05, 4.69) is 32.0 Å². The van der Waals surface area contributed by atoms with Gasteiger partial charge in [0.25, 0.3) is 0 Å². The Morgan fingerprint density at radius 2 is 1.75 bits per heavy atom. The second kappa shape index (κ2) is 6.00. The number of phenolic OH excluding ortho intramolecular Hbond substituents is 1. The van der Waals surface area contributed by atoms with Crippen molar-refractivity contribution in [2.45, 2.75) is 33.1 Å². The van der Waals surface area contributed by atoms with Crippen LogP contribution in [-0.2, 0) is 0 Å². The van der Waals surface area contributed by atoms with Crippen LogP contribution in [0.5, 0.6) is 11.5 Å². The summed E-state index contributed by atoms with van der Waals surface area (Å²) < 4.78 is 5.20. The van der Waals surface area contributed by atoms with Crippen LogP contribution in [0.25, 0.3) is 0 Å². The number of methoxy groups -OCH3 is 1. The van der Waals surface area contributed by atoms with Gasteiger partial charge in [0.05, 0.1) is 7.11 Å². The van der Waals surface area contributed by atoms with Gasteiger partial charge in [-0.05, 0) is 55.2 Å². The molecule has 0 saturated heterocycles. The number of hydrogen-bond donors (Lipinski definition) is 1. The van der Waals surface area contributed by atoms with Crippen LogP contribution in [0.15, 0.2) is 36.4 Å². The van der Waals surface area contributed by atoms with Crippen molar-refractivity contribution in [3.8, 4) is 11.5 Å². The monoisotopic (exact) mass is 270 g/mol. The summed E-state index contributed by atoms with van der Waals surface area (Å²) in [4.78, 5) is 0. The Labute approximate surface area is 121 Å². The van der Waals surface area contributed by atoms with Crippen molar-refractivity contribution < 1.29 is 9.84 Å². The molecule has 0 saturated carbocycles. The SMILES string of the molecule is CCC(c1ccc(OC)cc1)c1c(C)cc(C)cc1O. The van der Waals surface area contributed by atoms with Gasteiger partial charge in [-0.1, -0.05) is 25.1 Å². The number of phenols is 1. The second-order valence-electron chi connectivity index (χ2n) is 5.25. The molecule has 106 valence electrons. The number of rotatable bonds is 4. The lowest BCUT2D eigenvalue weighted by Crippen LogP contribution is -2.03. The fraction of sp³-hybridized carbons (Fsp3) is 0.333. The normalized spacial score (nSPS) is 12.2. The molecule has 0 bridgehead atoms. The van der Waals surface area contributed by atoms with Gasteiger partial charge in [0.1, 0.15) is 11.5 Å². The first-order valence-corrected chi connectivity index (χ1v) is 7.00. The number of hydrogen-bond acceptors (Lipinski definition) is 2. The first-order valence-electron chi connectivity index (χ1n) is 7.00. The zero-order valence-corrected chi connectivity index (χ0v) is 12.6. The highest BCUT2D eigenvalue weighted by atomic mass is 16.5. The molecule has 2 rings (SSSR count). The van der Waals surface area contributed by atoms with E-state index in [0.717, 1.165) is 28.9 Å². The van der Waals surface area contributed by atoms with Gasteiger partial charge in [0, 0.05) is 11.5 Å². The first kappa shape index (κ1) is 14.4. The average molecular weight is 270 g/mol. The summed E-state index contributed by atoms with van der Waals surface area (Å²) in [5.41, 5.74) is 4.47. The minimum absolute atomic E-state index is 0.210. The molecule has 0 radical (unpaired) electrons. The fourth-order valence-electron chi connectivity index (χ4n) is 2.85. The van der Waals surface area contributed by atoms with E-state index in [1.54, 1.807) is 7.11 Å². The molecule has 0 heterocycles. The molecule has 1 N–H and O–H groups in total. The lowest BCUT2D eigenvalue weighted by molar-refractivity contribution is 0.414. The first-order chi connectivity index (χ1) is 9.56. The number of aryl methyl sites for hydroxylation is 2. The van der Waals surface area contributed by atoms with Gasteiger partial charge < -0.3 is 9.84 Å². The molecule has 2 heteroatoms. The summed E-state index contributed by atoms with van der Waals surface area (Å²) in [5, 5.41) is 10.3. The lowest BCUT2D eigenvalue weighted by atomic mass is 9.85. The smallest absolute Gasteiger partial charge is 0.119 e. The minimum Gasteiger partial charge on any atom is -0.508 e. The van der Waals surface area contributed by atoms with Gasteiger partial charge in [-0.15, -0.1) is 0 Å². The lowest BCUT2D eigenvalue weighted by Gasteiger charge is -2.20. The Balaban J connectivity index is 2.46. The van der Waals surface area contributed by atoms with E-state index in [0.29, 0.717) is 5.75 Å². The maximum Gasteiger partial charge on any atom is 0.119 e. The van der Waals surface area contributed by atoms with Gasteiger partial charge in [0.15, 0.2) is 0 Å². The Kier molecular flexibility index (Phi) is 4.33. The predicted molar refractivity (Wildman–Crippen MR) is 82.7 cm³/mol. The van der Waals surface area contributed by atoms with Crippen molar-refractivity contribution in [1.29, 1.82) is 0 Å². The van der Waals surface area contributed by atoms with Crippen LogP contribution in [0.1, 0.15) is 41.5 Å². The Morgan fingerprint density at radius 3 is 2.25 bits per heavy atom. The minimum atomic E-state index is 0.210. The number of aromatic hydroxyl groups is 1. The van der Waals surface area contributed by atoms with Gasteiger partial charge in [-0.2, -0.15) is 0 Å². The summed E-state index contributed by atoms with van der Waals surface area (Å²) in [6, 6.07) is 12.1. The van der Waals surface area contributed by atoms with Crippen molar-refractivity contribution in [3.05, 3.63) is 58.7 Å². The highest BCUT2D eigenvalue weighted by Crippen LogP contribution is 2.37. The predicted octanol–water partition coefficient (Wildman–Crippen LogP) is 4.56. The van der Waals surface area contributed by atoms with Crippen LogP contribution >= 0.6 is 0 Å². The Morgan fingerprint density at radius 1 is 1.10 bits per heavy atom. The van der Waals surface area contributed by atoms with E-state index in [1.165, 1.54) is 5.56 Å². The summed E-state index contributed by atoms with van der Waals surface area (Å²) >= 11 is 0. The third-order valence-electron chi connectivity index (χ3n) is 3.78. The van der Waals surface area contributed by atoms with Gasteiger partial charge in [-0.25, -0.2) is 0 Å². The topological polar surface area (TPSA) is 29.5 Å². The van der Waals surface area contributed by atoms with Crippen molar-refractivity contribution >= 4 is 0 Å². The summed E-state index contributed by atoms with van der Waals surface area (Å²) in [6.07, 6.45) is 0.948. The molecule has 2 nitrogen and oxygen atoms in total. The molecule has 2 aromatic rings. The number of ether oxygens (including phenoxy) is 1. The largest absolute Gasteiger partial charge is 0.508 e. The zero-order chi connectivity index (χ0) is 14.7. The molecule has 0 aliphatic heterocycles. The molecule has 0 aliphatic rings. The van der Waals surface area contributed by atoms with Crippen LogP contribution in [-0.4, -0.2) is 12.2 Å². The molecule has 20 heavy (non-hydrogen) atoms. The molecule has 2 aromatic carbocycles. The molecule has 0 aromatic heterocycles. The molecule has 0 amide bonds. The Hall–Kier alpha value is -1.96. The van der Waals surface area contributed by atoms with Gasteiger partial charge in [0.2, 0.25) is 0 Å². The third kappa shape index (κ3) is 2.79. The van der Waals surface area contributed by atoms with Crippen LogP contribution in [0.3, 0.4) is 0 Å². The average Bonchev–Trinajstić information content (AvgIpc) is 2.43. The molecule has 0 aliphatic carbocycles. The van der Waals surface area contributed by atoms with E-state index in [9.17, 15) is 5.11 Å². The quantitative estimate of drug-likeness (QED) is 0.882. The van der Waals surface area contributed by atoms with E-state index in [-0.39, 0.29) is 5.92 Å². The third-order valence-corrected chi connectivity index (χ3v) is 3.78. The van der Waals surface area contributed by atoms with Crippen LogP contribution in [0.2, 0.25) is 0 Å². The number of benzene rings is 2. The van der Waals surface area contributed by atoms with E-state index < -0.39 is 0 Å². The molecular weight excluding hydrogens is 248 g/mol. The molecule has 1 atom stereocenters.